The monoisotopic (exact) mass is 888 g/mol. The number of benzene rings is 5. The number of phenolic OH excluding ortho intramolecular Hbond substituents is 1. The van der Waals surface area contributed by atoms with Crippen LogP contribution in [-0.2, 0) is 19.2 Å². The van der Waals surface area contributed by atoms with Gasteiger partial charge in [0.25, 0.3) is 11.8 Å². The minimum absolute atomic E-state index is 0.0426. The zero-order valence-electron chi connectivity index (χ0n) is 32.4. The van der Waals surface area contributed by atoms with Crippen LogP contribution < -0.4 is 19.3 Å². The van der Waals surface area contributed by atoms with E-state index in [0.29, 0.717) is 22.4 Å². The molecule has 62 heavy (non-hydrogen) atoms. The fraction of sp³-hybridized carbons (Fsp3) is 0.217. The van der Waals surface area contributed by atoms with Gasteiger partial charge in [0, 0.05) is 16.9 Å². The number of fused-ring (bicyclic) bond motifs is 5. The van der Waals surface area contributed by atoms with Gasteiger partial charge >= 0.3 is 0 Å². The maximum atomic E-state index is 15.5. The van der Waals surface area contributed by atoms with E-state index in [-0.39, 0.29) is 39.3 Å². The molecule has 5 aromatic carbocycles. The van der Waals surface area contributed by atoms with Crippen LogP contribution in [0.3, 0.4) is 0 Å². The Kier molecular flexibility index (Phi) is 9.75. The molecule has 9 nitrogen and oxygen atoms in total. The average Bonchev–Trinajstić information content (AvgIpc) is 3.62. The van der Waals surface area contributed by atoms with Crippen LogP contribution in [0.4, 0.5) is 33.3 Å². The Morgan fingerprint density at radius 2 is 1.39 bits per heavy atom. The van der Waals surface area contributed by atoms with Crippen LogP contribution in [0.2, 0.25) is 0 Å². The fourth-order valence-electron chi connectivity index (χ4n) is 9.62. The molecule has 0 radical (unpaired) electrons. The number of alkyl halides is 2. The van der Waals surface area contributed by atoms with Crippen LogP contribution in [0.25, 0.3) is 22.9 Å². The van der Waals surface area contributed by atoms with Crippen molar-refractivity contribution in [2.45, 2.75) is 28.5 Å². The Labute approximate surface area is 359 Å². The van der Waals surface area contributed by atoms with E-state index in [1.165, 1.54) is 19.2 Å². The van der Waals surface area contributed by atoms with Crippen molar-refractivity contribution in [1.29, 1.82) is 0 Å². The topological polar surface area (TPSA) is 113 Å². The van der Waals surface area contributed by atoms with Crippen molar-refractivity contribution in [2.24, 2.45) is 17.8 Å². The number of allylic oxidation sites excluding steroid dienone is 2. The zero-order chi connectivity index (χ0) is 44.2. The maximum absolute atomic E-state index is 15.5. The number of hydrogen-bond donors (Lipinski definition) is 1. The van der Waals surface area contributed by atoms with Crippen molar-refractivity contribution in [1.82, 2.24) is 0 Å². The highest BCUT2D eigenvalue weighted by molar-refractivity contribution is 6.58. The third-order valence-electron chi connectivity index (χ3n) is 12.5. The number of carbonyl (C=O) groups excluding carboxylic acids is 4. The van der Waals surface area contributed by atoms with Crippen LogP contribution in [0.15, 0.2) is 90.5 Å². The Balaban J connectivity index is 1.14. The number of aromatic hydroxyl groups is 1. The van der Waals surface area contributed by atoms with Gasteiger partial charge in [-0.1, -0.05) is 66.3 Å². The fourth-order valence-corrected chi connectivity index (χ4v) is 10.5. The second kappa shape index (κ2) is 14.7. The molecular formula is C46H31Cl2F5N2O7. The number of phenols is 1. The lowest BCUT2D eigenvalue weighted by Crippen LogP contribution is -2.60. The zero-order valence-corrected chi connectivity index (χ0v) is 33.9. The molecule has 2 saturated heterocycles. The first-order valence-electron chi connectivity index (χ1n) is 19.2. The Bertz CT molecular complexity index is 2840. The number of nitrogens with zero attached hydrogens (tertiary/aromatic N) is 2. The van der Waals surface area contributed by atoms with Gasteiger partial charge in [0.2, 0.25) is 17.6 Å². The number of carbonyl (C=O) groups is 4. The molecule has 3 fully saturated rings. The summed E-state index contributed by atoms with van der Waals surface area (Å²) < 4.78 is 85.3. The van der Waals surface area contributed by atoms with Crippen LogP contribution in [-0.4, -0.2) is 52.7 Å². The molecule has 0 aromatic heterocycles. The molecule has 0 bridgehead atoms. The SMILES string of the molecule is COc1ccc(OC)c(C=Cc2ccc(N3C(=O)C4CC=C5C(CC6(Cl)C(=O)N(c7c(F)c(F)c(F)c(F)c7F)C(=O)C6(Cl)C5c5ccc(O)c6ccccc56)C4C3=O)cc2)c1. The van der Waals surface area contributed by atoms with Gasteiger partial charge < -0.3 is 14.6 Å². The summed E-state index contributed by atoms with van der Waals surface area (Å²) in [6.45, 7) is 0. The number of ether oxygens (including phenoxy) is 2. The number of rotatable bonds is 7. The highest BCUT2D eigenvalue weighted by atomic mass is 35.5. The van der Waals surface area contributed by atoms with Crippen LogP contribution in [0, 0.1) is 46.8 Å². The highest BCUT2D eigenvalue weighted by Crippen LogP contribution is 2.66. The predicted molar refractivity (Wildman–Crippen MR) is 219 cm³/mol. The smallest absolute Gasteiger partial charge is 0.258 e. The van der Waals surface area contributed by atoms with Gasteiger partial charge in [-0.15, -0.1) is 23.2 Å². The van der Waals surface area contributed by atoms with E-state index < -0.39 is 98.2 Å². The summed E-state index contributed by atoms with van der Waals surface area (Å²) in [7, 11) is 3.08. The molecule has 2 aliphatic carbocycles. The molecule has 2 aliphatic heterocycles. The average molecular weight is 890 g/mol. The molecule has 5 aromatic rings. The molecule has 316 valence electrons. The Morgan fingerprint density at radius 1 is 0.726 bits per heavy atom. The molecule has 4 aliphatic rings. The van der Waals surface area contributed by atoms with Gasteiger partial charge in [-0.3, -0.25) is 24.1 Å². The first kappa shape index (κ1) is 41.1. The summed E-state index contributed by atoms with van der Waals surface area (Å²) in [4.78, 5) is 53.7. The third kappa shape index (κ3) is 5.65. The van der Waals surface area contributed by atoms with E-state index in [4.69, 9.17) is 32.7 Å². The largest absolute Gasteiger partial charge is 0.507 e. The second-order valence-corrected chi connectivity index (χ2v) is 16.7. The first-order chi connectivity index (χ1) is 29.6. The molecule has 2 heterocycles. The van der Waals surface area contributed by atoms with Crippen molar-refractivity contribution in [2.75, 3.05) is 24.0 Å². The summed E-state index contributed by atoms with van der Waals surface area (Å²) in [6.07, 6.45) is 4.53. The molecule has 16 heteroatoms. The lowest BCUT2D eigenvalue weighted by Gasteiger charge is -2.51. The molecule has 1 saturated carbocycles. The number of methoxy groups -OCH3 is 2. The number of anilines is 2. The molecular weight excluding hydrogens is 858 g/mol. The van der Waals surface area contributed by atoms with Crippen molar-refractivity contribution in [3.05, 3.63) is 136 Å². The van der Waals surface area contributed by atoms with E-state index in [9.17, 15) is 37.5 Å². The van der Waals surface area contributed by atoms with E-state index in [2.05, 4.69) is 0 Å². The van der Waals surface area contributed by atoms with Crippen molar-refractivity contribution >= 4 is 81.1 Å². The lowest BCUT2D eigenvalue weighted by molar-refractivity contribution is -0.125. The highest BCUT2D eigenvalue weighted by Gasteiger charge is 2.77. The van der Waals surface area contributed by atoms with Gasteiger partial charge in [0.05, 0.1) is 31.7 Å². The summed E-state index contributed by atoms with van der Waals surface area (Å²) in [5, 5.41) is 11.4. The quantitative estimate of drug-likeness (QED) is 0.0330. The number of imide groups is 2. The van der Waals surface area contributed by atoms with Gasteiger partial charge in [-0.05, 0) is 71.7 Å². The maximum Gasteiger partial charge on any atom is 0.258 e. The summed E-state index contributed by atoms with van der Waals surface area (Å²) in [5.74, 6) is -20.5. The molecule has 9 rings (SSSR count). The van der Waals surface area contributed by atoms with Gasteiger partial charge in [-0.25, -0.2) is 26.9 Å². The van der Waals surface area contributed by atoms with Crippen molar-refractivity contribution < 1.29 is 55.7 Å². The molecule has 1 N–H and O–H groups in total. The van der Waals surface area contributed by atoms with Crippen LogP contribution in [0.1, 0.15) is 35.4 Å². The standard InChI is InChI=1S/C46H31Cl2F5N2O7/c1-61-24-13-18-32(62-2)22(19-24)10-7-21-8-11-23(12-9-21)54-41(57)29-15-14-28-30(33(29)42(54)58)20-45(47)43(59)55(40-38(52)36(50)35(49)37(51)39(40)53)44(60)46(45,48)34(28)27-16-17-31(56)26-6-4-3-5-25(26)27/h3-14,16-19,29-30,33-34,56H,15,20H2,1-2H3. The van der Waals surface area contributed by atoms with E-state index in [1.807, 2.05) is 6.08 Å². The van der Waals surface area contributed by atoms with Crippen molar-refractivity contribution in [3.8, 4) is 17.2 Å². The van der Waals surface area contributed by atoms with E-state index in [0.717, 1.165) is 10.5 Å². The molecule has 6 unspecified atom stereocenters. The van der Waals surface area contributed by atoms with Gasteiger partial charge in [-0.2, -0.15) is 0 Å². The molecule has 6 atom stereocenters. The number of halogens is 7. The van der Waals surface area contributed by atoms with E-state index in [1.54, 1.807) is 86.0 Å². The van der Waals surface area contributed by atoms with E-state index >= 15 is 8.78 Å². The second-order valence-electron chi connectivity index (χ2n) is 15.5. The van der Waals surface area contributed by atoms with Gasteiger partial charge in [0.15, 0.2) is 33.0 Å². The normalized spacial score (nSPS) is 25.7. The molecule has 0 spiro atoms. The summed E-state index contributed by atoms with van der Waals surface area (Å²) in [5.41, 5.74) is 0.285. The van der Waals surface area contributed by atoms with Crippen LogP contribution >= 0.6 is 23.2 Å². The number of hydrogen-bond acceptors (Lipinski definition) is 7. The Morgan fingerprint density at radius 3 is 2.05 bits per heavy atom. The third-order valence-corrected chi connectivity index (χ3v) is 13.9. The minimum Gasteiger partial charge on any atom is -0.507 e. The first-order valence-corrected chi connectivity index (χ1v) is 19.9. The molecule has 4 amide bonds. The minimum atomic E-state index is -2.72. The lowest BCUT2D eigenvalue weighted by atomic mass is 9.56. The summed E-state index contributed by atoms with van der Waals surface area (Å²) >= 11 is 14.7. The number of amides is 4. The van der Waals surface area contributed by atoms with Gasteiger partial charge in [0.1, 0.15) is 22.9 Å². The van der Waals surface area contributed by atoms with Crippen LogP contribution in [0.5, 0.6) is 17.2 Å². The summed E-state index contributed by atoms with van der Waals surface area (Å²) in [6, 6.07) is 21.0. The van der Waals surface area contributed by atoms with Crippen molar-refractivity contribution in [3.63, 3.8) is 0 Å². The Hall–Kier alpha value is -6.25. The predicted octanol–water partition coefficient (Wildman–Crippen LogP) is 9.20.